The van der Waals surface area contributed by atoms with E-state index in [0.717, 1.165) is 20.5 Å². The summed E-state index contributed by atoms with van der Waals surface area (Å²) in [7, 11) is 0. The van der Waals surface area contributed by atoms with Crippen molar-refractivity contribution in [2.45, 2.75) is 12.8 Å². The van der Waals surface area contributed by atoms with Gasteiger partial charge in [0.25, 0.3) is 0 Å². The first-order chi connectivity index (χ1) is 10.6. The lowest BCUT2D eigenvalue weighted by Crippen LogP contribution is -2.10. The van der Waals surface area contributed by atoms with Crippen molar-refractivity contribution in [3.05, 3.63) is 70.6 Å². The molecule has 3 aromatic rings. The Morgan fingerprint density at radius 2 is 1.82 bits per heavy atom. The highest BCUT2D eigenvalue weighted by Crippen LogP contribution is 2.26. The quantitative estimate of drug-likeness (QED) is 0.425. The van der Waals surface area contributed by atoms with Crippen molar-refractivity contribution in [1.82, 2.24) is 0 Å². The molecule has 1 heterocycles. The summed E-state index contributed by atoms with van der Waals surface area (Å²) in [5.41, 5.74) is 7.22. The SMILES string of the molecule is N=C(N)c1ccc(CCC(=O)c2cc3ccccc3s2)cc1. The smallest absolute Gasteiger partial charge is 0.173 e. The minimum atomic E-state index is 0.0629. The van der Waals surface area contributed by atoms with Gasteiger partial charge >= 0.3 is 0 Å². The Kier molecular flexibility index (Phi) is 4.02. The molecule has 0 saturated carbocycles. The van der Waals surface area contributed by atoms with Crippen molar-refractivity contribution in [2.24, 2.45) is 5.73 Å². The number of ketones is 1. The maximum Gasteiger partial charge on any atom is 0.173 e. The van der Waals surface area contributed by atoms with Crippen LogP contribution in [0.4, 0.5) is 0 Å². The van der Waals surface area contributed by atoms with Gasteiger partial charge in [0.2, 0.25) is 0 Å². The van der Waals surface area contributed by atoms with Gasteiger partial charge in [-0.25, -0.2) is 0 Å². The molecule has 0 radical (unpaired) electrons. The summed E-state index contributed by atoms with van der Waals surface area (Å²) in [6.07, 6.45) is 1.19. The van der Waals surface area contributed by atoms with Crippen LogP contribution < -0.4 is 5.73 Å². The van der Waals surface area contributed by atoms with Gasteiger partial charge in [-0.2, -0.15) is 0 Å². The number of carbonyl (C=O) groups excluding carboxylic acids is 1. The molecule has 0 unspecified atom stereocenters. The van der Waals surface area contributed by atoms with Crippen molar-refractivity contribution < 1.29 is 4.79 Å². The largest absolute Gasteiger partial charge is 0.384 e. The van der Waals surface area contributed by atoms with Crippen molar-refractivity contribution >= 4 is 33.0 Å². The van der Waals surface area contributed by atoms with Crippen molar-refractivity contribution in [2.75, 3.05) is 0 Å². The molecular formula is C18H16N2OS. The third-order valence-electron chi connectivity index (χ3n) is 3.61. The number of benzene rings is 2. The standard InChI is InChI=1S/C18H16N2OS/c19-18(20)13-8-5-12(6-9-13)7-10-15(21)17-11-14-3-1-2-4-16(14)22-17/h1-6,8-9,11H,7,10H2,(H3,19,20). The van der Waals surface area contributed by atoms with Gasteiger partial charge in [0.05, 0.1) is 4.88 Å². The Bertz CT molecular complexity index is 801. The minimum Gasteiger partial charge on any atom is -0.384 e. The van der Waals surface area contributed by atoms with Crippen molar-refractivity contribution in [1.29, 1.82) is 5.41 Å². The number of nitrogen functional groups attached to an aromatic ring is 1. The van der Waals surface area contributed by atoms with Crippen LogP contribution >= 0.6 is 11.3 Å². The van der Waals surface area contributed by atoms with E-state index in [-0.39, 0.29) is 11.6 Å². The second-order valence-corrected chi connectivity index (χ2v) is 6.27. The lowest BCUT2D eigenvalue weighted by Gasteiger charge is -2.02. The van der Waals surface area contributed by atoms with Crippen LogP contribution in [0.15, 0.2) is 54.6 Å². The molecule has 1 aromatic heterocycles. The van der Waals surface area contributed by atoms with E-state index in [2.05, 4.69) is 0 Å². The van der Waals surface area contributed by atoms with Gasteiger partial charge in [0.15, 0.2) is 5.78 Å². The van der Waals surface area contributed by atoms with Gasteiger partial charge < -0.3 is 5.73 Å². The Morgan fingerprint density at radius 3 is 2.50 bits per heavy atom. The number of hydrogen-bond acceptors (Lipinski definition) is 3. The van der Waals surface area contributed by atoms with Crippen LogP contribution in [0.3, 0.4) is 0 Å². The highest BCUT2D eigenvalue weighted by atomic mass is 32.1. The van der Waals surface area contributed by atoms with Crippen LogP contribution in [0.1, 0.15) is 27.2 Å². The summed E-state index contributed by atoms with van der Waals surface area (Å²) in [5, 5.41) is 8.49. The lowest BCUT2D eigenvalue weighted by atomic mass is 10.0. The summed E-state index contributed by atoms with van der Waals surface area (Å²) in [6, 6.07) is 17.5. The molecule has 0 amide bonds. The van der Waals surface area contributed by atoms with E-state index in [1.807, 2.05) is 54.6 Å². The van der Waals surface area contributed by atoms with Gasteiger partial charge in [-0.3, -0.25) is 10.2 Å². The third-order valence-corrected chi connectivity index (χ3v) is 4.76. The molecule has 0 spiro atoms. The number of Topliss-reactive ketones (excluding diaryl/α,β-unsaturated/α-hetero) is 1. The average Bonchev–Trinajstić information content (AvgIpc) is 2.97. The number of rotatable bonds is 5. The van der Waals surface area contributed by atoms with Gasteiger partial charge in [0, 0.05) is 16.7 Å². The highest BCUT2D eigenvalue weighted by Gasteiger charge is 2.10. The van der Waals surface area contributed by atoms with Crippen molar-refractivity contribution in [3.63, 3.8) is 0 Å². The normalized spacial score (nSPS) is 10.7. The Morgan fingerprint density at radius 1 is 1.09 bits per heavy atom. The van der Waals surface area contributed by atoms with E-state index in [9.17, 15) is 4.79 Å². The number of carbonyl (C=O) groups is 1. The van der Waals surface area contributed by atoms with E-state index in [4.69, 9.17) is 11.1 Å². The number of hydrogen-bond donors (Lipinski definition) is 2. The maximum absolute atomic E-state index is 12.3. The van der Waals surface area contributed by atoms with E-state index in [1.54, 1.807) is 11.3 Å². The number of thiophene rings is 1. The van der Waals surface area contributed by atoms with Gasteiger partial charge in [-0.05, 0) is 29.5 Å². The number of amidine groups is 1. The molecule has 0 saturated heterocycles. The predicted octanol–water partition coefficient (Wildman–Crippen LogP) is 4.00. The number of nitrogens with one attached hydrogen (secondary N) is 1. The summed E-state index contributed by atoms with van der Waals surface area (Å²) in [4.78, 5) is 13.1. The van der Waals surface area contributed by atoms with Gasteiger partial charge in [-0.1, -0.05) is 42.5 Å². The molecule has 4 heteroatoms. The first-order valence-electron chi connectivity index (χ1n) is 7.08. The maximum atomic E-state index is 12.3. The molecule has 0 bridgehead atoms. The van der Waals surface area contributed by atoms with Crippen LogP contribution in [0, 0.1) is 5.41 Å². The second kappa shape index (κ2) is 6.12. The molecule has 3 N–H and O–H groups in total. The molecular weight excluding hydrogens is 292 g/mol. The number of nitrogens with two attached hydrogens (primary N) is 1. The zero-order chi connectivity index (χ0) is 15.5. The lowest BCUT2D eigenvalue weighted by molar-refractivity contribution is 0.0987. The fourth-order valence-electron chi connectivity index (χ4n) is 2.35. The van der Waals surface area contributed by atoms with E-state index in [1.165, 1.54) is 0 Å². The minimum absolute atomic E-state index is 0.0629. The molecule has 0 aliphatic carbocycles. The van der Waals surface area contributed by atoms with Crippen LogP contribution in [0.2, 0.25) is 0 Å². The number of aryl methyl sites for hydroxylation is 1. The molecule has 0 atom stereocenters. The Hall–Kier alpha value is -2.46. The highest BCUT2D eigenvalue weighted by molar-refractivity contribution is 7.20. The zero-order valence-electron chi connectivity index (χ0n) is 12.0. The fraction of sp³-hybridized carbons (Fsp3) is 0.111. The zero-order valence-corrected chi connectivity index (χ0v) is 12.8. The van der Waals surface area contributed by atoms with Crippen molar-refractivity contribution in [3.8, 4) is 0 Å². The van der Waals surface area contributed by atoms with E-state index < -0.39 is 0 Å². The second-order valence-electron chi connectivity index (χ2n) is 5.18. The van der Waals surface area contributed by atoms with Crippen LogP contribution in [0.25, 0.3) is 10.1 Å². The molecule has 3 rings (SSSR count). The summed E-state index contributed by atoms with van der Waals surface area (Å²) >= 11 is 1.55. The van der Waals surface area contributed by atoms with Crippen LogP contribution in [-0.2, 0) is 6.42 Å². The Labute approximate surface area is 132 Å². The Balaban J connectivity index is 1.67. The summed E-state index contributed by atoms with van der Waals surface area (Å²) in [6.45, 7) is 0. The molecule has 22 heavy (non-hydrogen) atoms. The van der Waals surface area contributed by atoms with Crippen LogP contribution in [-0.4, -0.2) is 11.6 Å². The monoisotopic (exact) mass is 308 g/mol. The third kappa shape index (κ3) is 3.07. The molecule has 0 fully saturated rings. The number of fused-ring (bicyclic) bond motifs is 1. The summed E-state index contributed by atoms with van der Waals surface area (Å²) < 4.78 is 1.15. The van der Waals surface area contributed by atoms with Crippen LogP contribution in [0.5, 0.6) is 0 Å². The average molecular weight is 308 g/mol. The fourth-order valence-corrected chi connectivity index (χ4v) is 3.38. The first kappa shape index (κ1) is 14.5. The first-order valence-corrected chi connectivity index (χ1v) is 7.90. The topological polar surface area (TPSA) is 66.9 Å². The summed E-state index contributed by atoms with van der Waals surface area (Å²) in [5.74, 6) is 0.241. The molecule has 0 aliphatic rings. The molecule has 3 nitrogen and oxygen atoms in total. The predicted molar refractivity (Wildman–Crippen MR) is 91.9 cm³/mol. The molecule has 0 aliphatic heterocycles. The van der Waals surface area contributed by atoms with E-state index in [0.29, 0.717) is 18.4 Å². The molecule has 110 valence electrons. The van der Waals surface area contributed by atoms with Gasteiger partial charge in [-0.15, -0.1) is 11.3 Å². The molecule has 2 aromatic carbocycles. The van der Waals surface area contributed by atoms with E-state index >= 15 is 0 Å². The van der Waals surface area contributed by atoms with Gasteiger partial charge in [0.1, 0.15) is 5.84 Å².